The monoisotopic (exact) mass is 598 g/mol. The molecule has 214 valence electrons. The molecule has 2 aromatic heterocycles. The lowest BCUT2D eigenvalue weighted by Crippen LogP contribution is -2.44. The smallest absolute Gasteiger partial charge is 0.379 e. The molecule has 2 aliphatic rings. The van der Waals surface area contributed by atoms with Gasteiger partial charge in [-0.3, -0.25) is 9.69 Å². The summed E-state index contributed by atoms with van der Waals surface area (Å²) in [5.41, 5.74) is 1.15. The highest BCUT2D eigenvalue weighted by Crippen LogP contribution is 2.29. The summed E-state index contributed by atoms with van der Waals surface area (Å²) in [6.45, 7) is 2.64. The maximum atomic E-state index is 13.4. The number of nitrogens with zero attached hydrogens (tertiary/aromatic N) is 5. The first-order chi connectivity index (χ1) is 19.0. The molecule has 10 nitrogen and oxygen atoms in total. The van der Waals surface area contributed by atoms with E-state index < -0.39 is 33.8 Å². The largest absolute Gasteiger partial charge is 0.451 e. The number of ether oxygens (including phenoxy) is 1. The van der Waals surface area contributed by atoms with Gasteiger partial charge in [-0.25, -0.2) is 23.4 Å². The highest BCUT2D eigenvalue weighted by Gasteiger charge is 2.35. The first-order valence-electron chi connectivity index (χ1n) is 12.6. The molecule has 0 saturated carbocycles. The van der Waals surface area contributed by atoms with Crippen molar-refractivity contribution in [1.29, 1.82) is 0 Å². The normalized spacial score (nSPS) is 18.9. The van der Waals surface area contributed by atoms with Crippen LogP contribution < -0.4 is 10.2 Å². The van der Waals surface area contributed by atoms with Gasteiger partial charge in [-0.05, 0) is 24.3 Å². The Morgan fingerprint density at radius 1 is 1.05 bits per heavy atom. The molecular formula is C25H26ClF3N6O4S. The van der Waals surface area contributed by atoms with E-state index in [0.29, 0.717) is 61.7 Å². The Morgan fingerprint density at radius 2 is 1.73 bits per heavy atom. The van der Waals surface area contributed by atoms with Crippen LogP contribution in [0.5, 0.6) is 0 Å². The zero-order chi connectivity index (χ0) is 28.5. The number of benzene rings is 1. The Morgan fingerprint density at radius 3 is 2.38 bits per heavy atom. The predicted molar refractivity (Wildman–Crippen MR) is 142 cm³/mol. The summed E-state index contributed by atoms with van der Waals surface area (Å²) in [4.78, 5) is 28.9. The fourth-order valence-corrected chi connectivity index (χ4v) is 6.25. The van der Waals surface area contributed by atoms with Gasteiger partial charge in [-0.15, -0.1) is 0 Å². The minimum Gasteiger partial charge on any atom is -0.379 e. The van der Waals surface area contributed by atoms with Gasteiger partial charge in [0.1, 0.15) is 5.82 Å². The number of carbonyl (C=O) groups excluding carboxylic acids is 1. The maximum absolute atomic E-state index is 13.4. The lowest BCUT2D eigenvalue weighted by atomic mass is 10.1. The van der Waals surface area contributed by atoms with Gasteiger partial charge in [0.25, 0.3) is 5.91 Å². The van der Waals surface area contributed by atoms with E-state index in [4.69, 9.17) is 16.3 Å². The summed E-state index contributed by atoms with van der Waals surface area (Å²) in [5, 5.41) is 3.60. The first kappa shape index (κ1) is 28.5. The summed E-state index contributed by atoms with van der Waals surface area (Å²) >= 11 is 6.44. The number of rotatable bonds is 6. The molecular weight excluding hydrogens is 573 g/mol. The number of nitrogens with one attached hydrogen (secondary N) is 1. The van der Waals surface area contributed by atoms with Crippen molar-refractivity contribution in [1.82, 2.24) is 25.2 Å². The van der Waals surface area contributed by atoms with Crippen LogP contribution in [0.2, 0.25) is 5.02 Å². The number of aromatic nitrogens is 3. The summed E-state index contributed by atoms with van der Waals surface area (Å²) < 4.78 is 67.9. The van der Waals surface area contributed by atoms with Gasteiger partial charge in [-0.2, -0.15) is 13.2 Å². The second kappa shape index (κ2) is 11.4. The van der Waals surface area contributed by atoms with Gasteiger partial charge in [0.05, 0.1) is 46.9 Å². The van der Waals surface area contributed by atoms with E-state index in [1.807, 2.05) is 9.80 Å². The van der Waals surface area contributed by atoms with E-state index in [9.17, 15) is 26.4 Å². The molecule has 0 radical (unpaired) electrons. The number of anilines is 1. The Bertz CT molecular complexity index is 1490. The minimum atomic E-state index is -4.66. The van der Waals surface area contributed by atoms with E-state index in [1.165, 1.54) is 0 Å². The number of fused-ring (bicyclic) bond motifs is 1. The van der Waals surface area contributed by atoms with Gasteiger partial charge in [0, 0.05) is 56.1 Å². The summed E-state index contributed by atoms with van der Waals surface area (Å²) in [6.07, 6.45) is -2.40. The number of alkyl halides is 3. The molecule has 40 heavy (non-hydrogen) atoms. The van der Waals surface area contributed by atoms with Crippen LogP contribution >= 0.6 is 11.6 Å². The van der Waals surface area contributed by atoms with Crippen molar-refractivity contribution in [3.63, 3.8) is 0 Å². The SMILES string of the molecule is O=C(NCC(c1cnc(C(F)(F)F)nc1)N1CCOCC1)c1c(Cl)ccc2nc(N3CCS(=O)(=O)CC3)ccc12. The molecule has 1 aromatic carbocycles. The Hall–Kier alpha value is -3.07. The van der Waals surface area contributed by atoms with Crippen LogP contribution in [0.25, 0.3) is 10.9 Å². The Labute approximate surface area is 233 Å². The summed E-state index contributed by atoms with van der Waals surface area (Å²) in [6, 6.07) is 6.21. The van der Waals surface area contributed by atoms with E-state index in [0.717, 1.165) is 12.4 Å². The molecule has 2 saturated heterocycles. The van der Waals surface area contributed by atoms with Crippen molar-refractivity contribution in [2.24, 2.45) is 0 Å². The molecule has 2 aliphatic heterocycles. The molecule has 0 spiro atoms. The molecule has 3 aromatic rings. The molecule has 0 aliphatic carbocycles. The number of halogens is 4. The second-order valence-electron chi connectivity index (χ2n) is 9.51. The van der Waals surface area contributed by atoms with Crippen molar-refractivity contribution >= 4 is 44.1 Å². The predicted octanol–water partition coefficient (Wildman–Crippen LogP) is 2.74. The lowest BCUT2D eigenvalue weighted by molar-refractivity contribution is -0.145. The number of morpholine rings is 1. The highest BCUT2D eigenvalue weighted by molar-refractivity contribution is 7.91. The maximum Gasteiger partial charge on any atom is 0.451 e. The van der Waals surface area contributed by atoms with E-state index in [-0.39, 0.29) is 28.6 Å². The minimum absolute atomic E-state index is 0.0509. The fourth-order valence-electron chi connectivity index (χ4n) is 4.80. The van der Waals surface area contributed by atoms with Gasteiger partial charge < -0.3 is 15.0 Å². The van der Waals surface area contributed by atoms with Gasteiger partial charge >= 0.3 is 6.18 Å². The Kier molecular flexibility index (Phi) is 8.13. The van der Waals surface area contributed by atoms with E-state index >= 15 is 0 Å². The topological polar surface area (TPSA) is 118 Å². The van der Waals surface area contributed by atoms with Crippen LogP contribution in [-0.2, 0) is 20.8 Å². The van der Waals surface area contributed by atoms with Crippen molar-refractivity contribution < 1.29 is 31.1 Å². The van der Waals surface area contributed by atoms with Gasteiger partial charge in [0.15, 0.2) is 9.84 Å². The standard InChI is InChI=1S/C25H26ClF3N6O4S/c26-18-2-3-19-17(1-4-21(33-19)35-7-11-40(37,38)12-8-35)22(18)23(36)30-15-20(34-5-9-39-10-6-34)16-13-31-24(32-14-16)25(27,28)29/h1-4,13-14,20H,5-12,15H2,(H,30,36). The van der Waals surface area contributed by atoms with Crippen molar-refractivity contribution in [3.05, 3.63) is 58.6 Å². The summed E-state index contributed by atoms with van der Waals surface area (Å²) in [5.74, 6) is -1.00. The third-order valence-corrected chi connectivity index (χ3v) is 8.88. The quantitative estimate of drug-likeness (QED) is 0.457. The van der Waals surface area contributed by atoms with Crippen LogP contribution in [0.15, 0.2) is 36.7 Å². The third kappa shape index (κ3) is 6.29. The van der Waals surface area contributed by atoms with Crippen molar-refractivity contribution in [2.75, 3.05) is 62.3 Å². The number of amides is 1. The molecule has 2 fully saturated rings. The van der Waals surface area contributed by atoms with E-state index in [1.54, 1.807) is 24.3 Å². The molecule has 1 atom stereocenters. The fraction of sp³-hybridized carbons (Fsp3) is 0.440. The molecule has 15 heteroatoms. The van der Waals surface area contributed by atoms with Crippen LogP contribution in [0.4, 0.5) is 19.0 Å². The van der Waals surface area contributed by atoms with E-state index in [2.05, 4.69) is 20.3 Å². The van der Waals surface area contributed by atoms with Crippen LogP contribution in [0.3, 0.4) is 0 Å². The molecule has 1 amide bonds. The second-order valence-corrected chi connectivity index (χ2v) is 12.2. The molecule has 0 bridgehead atoms. The lowest BCUT2D eigenvalue weighted by Gasteiger charge is -2.34. The highest BCUT2D eigenvalue weighted by atomic mass is 35.5. The number of carbonyl (C=O) groups is 1. The number of sulfone groups is 1. The number of hydrogen-bond acceptors (Lipinski definition) is 9. The molecule has 1 unspecified atom stereocenters. The molecule has 1 N–H and O–H groups in total. The van der Waals surface area contributed by atoms with Crippen molar-refractivity contribution in [2.45, 2.75) is 12.2 Å². The van der Waals surface area contributed by atoms with Crippen molar-refractivity contribution in [3.8, 4) is 0 Å². The Balaban J connectivity index is 1.37. The van der Waals surface area contributed by atoms with Crippen LogP contribution in [0, 0.1) is 0 Å². The average Bonchev–Trinajstić information content (AvgIpc) is 2.93. The number of hydrogen-bond donors (Lipinski definition) is 1. The van der Waals surface area contributed by atoms with Gasteiger partial charge in [-0.1, -0.05) is 11.6 Å². The number of pyridine rings is 1. The zero-order valence-corrected chi connectivity index (χ0v) is 22.8. The average molecular weight is 599 g/mol. The summed E-state index contributed by atoms with van der Waals surface area (Å²) in [7, 11) is -3.05. The van der Waals surface area contributed by atoms with Gasteiger partial charge in [0.2, 0.25) is 5.82 Å². The van der Waals surface area contributed by atoms with Crippen LogP contribution in [0.1, 0.15) is 27.8 Å². The third-order valence-electron chi connectivity index (χ3n) is 6.95. The first-order valence-corrected chi connectivity index (χ1v) is 14.8. The van der Waals surface area contributed by atoms with Crippen LogP contribution in [-0.4, -0.2) is 91.6 Å². The zero-order valence-electron chi connectivity index (χ0n) is 21.2. The molecule has 5 rings (SSSR count). The molecule has 4 heterocycles.